The molecular weight excluding hydrogens is 292 g/mol. The minimum atomic E-state index is -1.07. The Kier molecular flexibility index (Phi) is 5.46. The fourth-order valence-electron chi connectivity index (χ4n) is 2.48. The minimum absolute atomic E-state index is 0.200. The SMILES string of the molecule is Cc1cc(C)cc(C(NC(=O)CCc2ccccn2)C(=O)O)c1. The van der Waals surface area contributed by atoms with Crippen molar-refractivity contribution in [1.82, 2.24) is 10.3 Å². The van der Waals surface area contributed by atoms with E-state index < -0.39 is 12.0 Å². The number of aliphatic carboxylic acids is 1. The van der Waals surface area contributed by atoms with Crippen LogP contribution in [0.3, 0.4) is 0 Å². The summed E-state index contributed by atoms with van der Waals surface area (Å²) in [6, 6.07) is 10.00. The maximum Gasteiger partial charge on any atom is 0.330 e. The maximum absolute atomic E-state index is 12.1. The van der Waals surface area contributed by atoms with Gasteiger partial charge in [0.1, 0.15) is 0 Å². The predicted octanol–water partition coefficient (Wildman–Crippen LogP) is 2.57. The number of benzene rings is 1. The van der Waals surface area contributed by atoms with E-state index in [4.69, 9.17) is 0 Å². The number of carboxylic acids is 1. The molecule has 0 aliphatic rings. The number of hydrogen-bond donors (Lipinski definition) is 2. The number of aryl methyl sites for hydroxylation is 3. The third-order valence-electron chi connectivity index (χ3n) is 3.46. The fourth-order valence-corrected chi connectivity index (χ4v) is 2.48. The maximum atomic E-state index is 12.1. The van der Waals surface area contributed by atoms with Crippen molar-refractivity contribution >= 4 is 11.9 Å². The van der Waals surface area contributed by atoms with Crippen molar-refractivity contribution in [2.45, 2.75) is 32.7 Å². The zero-order chi connectivity index (χ0) is 16.8. The third kappa shape index (κ3) is 4.92. The average molecular weight is 312 g/mol. The molecule has 0 spiro atoms. The summed E-state index contributed by atoms with van der Waals surface area (Å²) in [5, 5.41) is 12.0. The van der Waals surface area contributed by atoms with E-state index in [9.17, 15) is 14.7 Å². The van der Waals surface area contributed by atoms with Gasteiger partial charge in [-0.3, -0.25) is 9.78 Å². The number of rotatable bonds is 6. The summed E-state index contributed by atoms with van der Waals surface area (Å²) in [5.41, 5.74) is 3.32. The highest BCUT2D eigenvalue weighted by Crippen LogP contribution is 2.18. The van der Waals surface area contributed by atoms with E-state index in [-0.39, 0.29) is 12.3 Å². The minimum Gasteiger partial charge on any atom is -0.479 e. The molecule has 0 aliphatic heterocycles. The number of carbonyl (C=O) groups excluding carboxylic acids is 1. The first kappa shape index (κ1) is 16.7. The Morgan fingerprint density at radius 1 is 1.17 bits per heavy atom. The van der Waals surface area contributed by atoms with Crippen LogP contribution in [0.4, 0.5) is 0 Å². The van der Waals surface area contributed by atoms with Gasteiger partial charge in [0.2, 0.25) is 5.91 Å². The van der Waals surface area contributed by atoms with Crippen molar-refractivity contribution < 1.29 is 14.7 Å². The first-order valence-electron chi connectivity index (χ1n) is 7.46. The highest BCUT2D eigenvalue weighted by Gasteiger charge is 2.22. The Bertz CT molecular complexity index is 678. The summed E-state index contributed by atoms with van der Waals surface area (Å²) in [5.74, 6) is -1.37. The van der Waals surface area contributed by atoms with Crippen LogP contribution in [0, 0.1) is 13.8 Å². The molecule has 0 bridgehead atoms. The highest BCUT2D eigenvalue weighted by molar-refractivity contribution is 5.84. The molecule has 5 heteroatoms. The Balaban J connectivity index is 2.04. The van der Waals surface area contributed by atoms with Gasteiger partial charge in [-0.1, -0.05) is 35.4 Å². The average Bonchev–Trinajstić information content (AvgIpc) is 2.50. The van der Waals surface area contributed by atoms with E-state index >= 15 is 0 Å². The van der Waals surface area contributed by atoms with Gasteiger partial charge >= 0.3 is 5.97 Å². The zero-order valence-corrected chi connectivity index (χ0v) is 13.2. The molecule has 2 rings (SSSR count). The molecule has 2 N–H and O–H groups in total. The Morgan fingerprint density at radius 3 is 2.43 bits per heavy atom. The van der Waals surface area contributed by atoms with Gasteiger partial charge in [0.25, 0.3) is 0 Å². The van der Waals surface area contributed by atoms with Crippen LogP contribution in [-0.2, 0) is 16.0 Å². The lowest BCUT2D eigenvalue weighted by Crippen LogP contribution is -2.34. The summed E-state index contributed by atoms with van der Waals surface area (Å²) in [6.07, 6.45) is 2.35. The molecular formula is C18H20N2O3. The smallest absolute Gasteiger partial charge is 0.330 e. The highest BCUT2D eigenvalue weighted by atomic mass is 16.4. The van der Waals surface area contributed by atoms with E-state index in [1.807, 2.05) is 38.1 Å². The second-order valence-electron chi connectivity index (χ2n) is 5.58. The van der Waals surface area contributed by atoms with Gasteiger partial charge in [0, 0.05) is 18.3 Å². The van der Waals surface area contributed by atoms with Gasteiger partial charge in [0.05, 0.1) is 0 Å². The second-order valence-corrected chi connectivity index (χ2v) is 5.58. The van der Waals surface area contributed by atoms with Crippen LogP contribution in [0.25, 0.3) is 0 Å². The zero-order valence-electron chi connectivity index (χ0n) is 13.2. The predicted molar refractivity (Wildman–Crippen MR) is 87.0 cm³/mol. The molecule has 0 radical (unpaired) electrons. The number of aromatic nitrogens is 1. The molecule has 0 saturated heterocycles. The van der Waals surface area contributed by atoms with E-state index in [0.29, 0.717) is 12.0 Å². The largest absolute Gasteiger partial charge is 0.479 e. The summed E-state index contributed by atoms with van der Waals surface area (Å²) in [7, 11) is 0. The summed E-state index contributed by atoms with van der Waals surface area (Å²) in [4.78, 5) is 27.7. The molecule has 1 amide bonds. The van der Waals surface area contributed by atoms with E-state index in [2.05, 4.69) is 10.3 Å². The molecule has 1 aromatic carbocycles. The Hall–Kier alpha value is -2.69. The lowest BCUT2D eigenvalue weighted by Gasteiger charge is -2.16. The van der Waals surface area contributed by atoms with Gasteiger partial charge in [-0.15, -0.1) is 0 Å². The Morgan fingerprint density at radius 2 is 1.87 bits per heavy atom. The number of amides is 1. The molecule has 1 aromatic heterocycles. The number of carboxylic acid groups (broad SMARTS) is 1. The molecule has 5 nitrogen and oxygen atoms in total. The molecule has 0 saturated carbocycles. The van der Waals surface area contributed by atoms with Crippen LogP contribution in [0.5, 0.6) is 0 Å². The van der Waals surface area contributed by atoms with Gasteiger partial charge < -0.3 is 10.4 Å². The van der Waals surface area contributed by atoms with E-state index in [1.54, 1.807) is 18.3 Å². The summed E-state index contributed by atoms with van der Waals surface area (Å²) >= 11 is 0. The van der Waals surface area contributed by atoms with E-state index in [1.165, 1.54) is 0 Å². The molecule has 0 fully saturated rings. The fraction of sp³-hybridized carbons (Fsp3) is 0.278. The third-order valence-corrected chi connectivity index (χ3v) is 3.46. The summed E-state index contributed by atoms with van der Waals surface area (Å²) < 4.78 is 0. The number of nitrogens with zero attached hydrogens (tertiary/aromatic N) is 1. The monoisotopic (exact) mass is 312 g/mol. The van der Waals surface area contributed by atoms with Gasteiger partial charge in [0.15, 0.2) is 6.04 Å². The first-order chi connectivity index (χ1) is 11.0. The number of nitrogens with one attached hydrogen (secondary N) is 1. The number of carbonyl (C=O) groups is 2. The standard InChI is InChI=1S/C18H20N2O3/c1-12-9-13(2)11-14(10-12)17(18(22)23)20-16(21)7-6-15-5-3-4-8-19-15/h3-5,8-11,17H,6-7H2,1-2H3,(H,20,21)(H,22,23). The van der Waals surface area contributed by atoms with Gasteiger partial charge in [-0.05, 0) is 38.0 Å². The van der Waals surface area contributed by atoms with Crippen molar-refractivity contribution in [1.29, 1.82) is 0 Å². The number of hydrogen-bond acceptors (Lipinski definition) is 3. The van der Waals surface area contributed by atoms with Crippen LogP contribution in [0.1, 0.15) is 34.8 Å². The van der Waals surface area contributed by atoms with Crippen molar-refractivity contribution in [3.63, 3.8) is 0 Å². The lowest BCUT2D eigenvalue weighted by molar-refractivity contribution is -0.142. The Labute approximate surface area is 135 Å². The van der Waals surface area contributed by atoms with Crippen molar-refractivity contribution in [2.75, 3.05) is 0 Å². The topological polar surface area (TPSA) is 79.3 Å². The van der Waals surface area contributed by atoms with Crippen LogP contribution in [0.2, 0.25) is 0 Å². The molecule has 120 valence electrons. The normalized spacial score (nSPS) is 11.7. The van der Waals surface area contributed by atoms with E-state index in [0.717, 1.165) is 16.8 Å². The molecule has 2 aromatic rings. The van der Waals surface area contributed by atoms with Crippen molar-refractivity contribution in [2.24, 2.45) is 0 Å². The molecule has 23 heavy (non-hydrogen) atoms. The molecule has 0 aliphatic carbocycles. The first-order valence-corrected chi connectivity index (χ1v) is 7.46. The quantitative estimate of drug-likeness (QED) is 0.859. The van der Waals surface area contributed by atoms with Crippen LogP contribution in [0.15, 0.2) is 42.6 Å². The van der Waals surface area contributed by atoms with Crippen LogP contribution >= 0.6 is 0 Å². The van der Waals surface area contributed by atoms with Gasteiger partial charge in [-0.25, -0.2) is 4.79 Å². The molecule has 1 atom stereocenters. The molecule has 1 unspecified atom stereocenters. The number of pyridine rings is 1. The van der Waals surface area contributed by atoms with Crippen LogP contribution < -0.4 is 5.32 Å². The molecule has 1 heterocycles. The van der Waals surface area contributed by atoms with Gasteiger partial charge in [-0.2, -0.15) is 0 Å². The van der Waals surface area contributed by atoms with Crippen molar-refractivity contribution in [3.8, 4) is 0 Å². The van der Waals surface area contributed by atoms with Crippen molar-refractivity contribution in [3.05, 3.63) is 65.0 Å². The lowest BCUT2D eigenvalue weighted by atomic mass is 10.0. The summed E-state index contributed by atoms with van der Waals surface area (Å²) in [6.45, 7) is 3.80. The second kappa shape index (κ2) is 7.54. The van der Waals surface area contributed by atoms with Crippen LogP contribution in [-0.4, -0.2) is 22.0 Å².